The molecule has 1 rings (SSSR count). The molecule has 0 saturated carbocycles. The largest absolute Gasteiger partial charge is 0.478 e. The van der Waals surface area contributed by atoms with E-state index in [-0.39, 0.29) is 0 Å². The number of carboxylic acid groups (broad SMARTS) is 1. The number of carboxylic acids is 1. The molecule has 0 fully saturated rings. The van der Waals surface area contributed by atoms with Crippen LogP contribution < -0.4 is 4.74 Å². The Morgan fingerprint density at radius 2 is 1.65 bits per heavy atom. The summed E-state index contributed by atoms with van der Waals surface area (Å²) in [5, 5.41) is 27.9. The lowest BCUT2D eigenvalue weighted by atomic mass is 10.0. The van der Waals surface area contributed by atoms with E-state index < -0.39 is 17.9 Å². The van der Waals surface area contributed by atoms with Crippen LogP contribution >= 0.6 is 0 Å². The lowest BCUT2D eigenvalue weighted by Crippen LogP contribution is -2.46. The van der Waals surface area contributed by atoms with Gasteiger partial charge < -0.3 is 20.1 Å². The van der Waals surface area contributed by atoms with Gasteiger partial charge >= 0.3 is 5.97 Å². The Bertz CT molecular complexity index is 486. The predicted molar refractivity (Wildman–Crippen MR) is 104 cm³/mol. The second-order valence-corrected chi connectivity index (χ2v) is 6.35. The molecule has 1 aromatic carbocycles. The average molecular weight is 366 g/mol. The highest BCUT2D eigenvalue weighted by Gasteiger charge is 2.34. The van der Waals surface area contributed by atoms with Crippen molar-refractivity contribution in [3.8, 4) is 5.75 Å². The first kappa shape index (κ1) is 24.1. The number of ether oxygens (including phenoxy) is 1. The Morgan fingerprint density at radius 1 is 1.15 bits per heavy atom. The number of para-hydroxylation sites is 1. The van der Waals surface area contributed by atoms with Crippen molar-refractivity contribution in [3.63, 3.8) is 0 Å². The van der Waals surface area contributed by atoms with Gasteiger partial charge in [-0.1, -0.05) is 70.2 Å². The zero-order valence-electron chi connectivity index (χ0n) is 16.1. The number of aliphatic hydroxyl groups is 2. The van der Waals surface area contributed by atoms with Gasteiger partial charge in [0.25, 0.3) is 0 Å². The number of hydrogen-bond donors (Lipinski definition) is 3. The molecular weight excluding hydrogens is 332 g/mol. The third-order valence-corrected chi connectivity index (χ3v) is 4.00. The van der Waals surface area contributed by atoms with Gasteiger partial charge in [-0.25, -0.2) is 4.79 Å². The summed E-state index contributed by atoms with van der Waals surface area (Å²) in [4.78, 5) is 9.25. The van der Waals surface area contributed by atoms with Gasteiger partial charge in [-0.2, -0.15) is 0 Å². The molecule has 26 heavy (non-hydrogen) atoms. The molecule has 0 aliphatic carbocycles. The molecule has 0 amide bonds. The summed E-state index contributed by atoms with van der Waals surface area (Å²) >= 11 is 0. The molecule has 0 spiro atoms. The summed E-state index contributed by atoms with van der Waals surface area (Å²) in [5.41, 5.74) is 0. The van der Waals surface area contributed by atoms with Crippen LogP contribution in [0, 0.1) is 0 Å². The van der Waals surface area contributed by atoms with Crippen LogP contribution in [-0.4, -0.2) is 33.2 Å². The zero-order chi connectivity index (χ0) is 19.8. The first-order chi connectivity index (χ1) is 12.4. The van der Waals surface area contributed by atoms with Crippen LogP contribution in [0.3, 0.4) is 0 Å². The number of hydrogen-bond acceptors (Lipinski definition) is 4. The van der Waals surface area contributed by atoms with Gasteiger partial charge in [-0.3, -0.25) is 0 Å². The van der Waals surface area contributed by atoms with Crippen molar-refractivity contribution < 1.29 is 24.9 Å². The van der Waals surface area contributed by atoms with Crippen molar-refractivity contribution in [1.82, 2.24) is 0 Å². The average Bonchev–Trinajstić information content (AvgIpc) is 2.62. The number of aliphatic carboxylic acids is 1. The van der Waals surface area contributed by atoms with Gasteiger partial charge in [0.2, 0.25) is 5.79 Å². The fourth-order valence-electron chi connectivity index (χ4n) is 2.37. The summed E-state index contributed by atoms with van der Waals surface area (Å²) in [6.45, 7) is 6.75. The van der Waals surface area contributed by atoms with E-state index in [1.54, 1.807) is 19.1 Å². The van der Waals surface area contributed by atoms with Crippen LogP contribution in [0.25, 0.3) is 0 Å². The van der Waals surface area contributed by atoms with Crippen molar-refractivity contribution in [3.05, 3.63) is 43.0 Å². The molecule has 0 saturated heterocycles. The maximum Gasteiger partial charge on any atom is 0.327 e. The maximum atomic E-state index is 10.5. The molecule has 0 aliphatic heterocycles. The summed E-state index contributed by atoms with van der Waals surface area (Å²) in [7, 11) is 0. The van der Waals surface area contributed by atoms with E-state index in [9.17, 15) is 15.0 Å². The molecule has 0 aliphatic rings. The molecule has 0 bridgehead atoms. The Morgan fingerprint density at radius 3 is 2.12 bits per heavy atom. The van der Waals surface area contributed by atoms with Crippen molar-refractivity contribution >= 4 is 5.97 Å². The summed E-state index contributed by atoms with van der Waals surface area (Å²) in [6.07, 6.45) is 8.57. The molecule has 2 unspecified atom stereocenters. The van der Waals surface area contributed by atoms with E-state index in [2.05, 4.69) is 13.5 Å². The van der Waals surface area contributed by atoms with Crippen LogP contribution in [0.5, 0.6) is 5.75 Å². The van der Waals surface area contributed by atoms with Crippen LogP contribution in [-0.2, 0) is 4.79 Å². The third-order valence-electron chi connectivity index (χ3n) is 4.00. The Hall–Kier alpha value is -1.85. The van der Waals surface area contributed by atoms with Crippen LogP contribution in [0.1, 0.15) is 65.2 Å². The van der Waals surface area contributed by atoms with E-state index in [0.717, 1.165) is 18.9 Å². The summed E-state index contributed by atoms with van der Waals surface area (Å²) in [6, 6.07) is 9.18. The molecule has 5 heteroatoms. The van der Waals surface area contributed by atoms with Crippen molar-refractivity contribution in [1.29, 1.82) is 0 Å². The van der Waals surface area contributed by atoms with Gasteiger partial charge in [0.05, 0.1) is 0 Å². The second-order valence-electron chi connectivity index (χ2n) is 6.35. The van der Waals surface area contributed by atoms with E-state index in [1.807, 2.05) is 18.2 Å². The van der Waals surface area contributed by atoms with Crippen LogP contribution in [0.15, 0.2) is 43.0 Å². The molecule has 5 nitrogen and oxygen atoms in total. The fraction of sp³-hybridized carbons (Fsp3) is 0.571. The van der Waals surface area contributed by atoms with Crippen molar-refractivity contribution in [2.24, 2.45) is 0 Å². The normalized spacial score (nSPS) is 13.7. The SMILES string of the molecule is C=CC(=O)O.CCCCCCCCCC(O)(Oc1ccccc1)C(C)O. The molecule has 2 atom stereocenters. The molecule has 0 radical (unpaired) electrons. The van der Waals surface area contributed by atoms with Gasteiger partial charge in [0.15, 0.2) is 0 Å². The fourth-order valence-corrected chi connectivity index (χ4v) is 2.37. The topological polar surface area (TPSA) is 87.0 Å². The van der Waals surface area contributed by atoms with E-state index in [4.69, 9.17) is 9.84 Å². The summed E-state index contributed by atoms with van der Waals surface area (Å²) in [5.74, 6) is -1.89. The first-order valence-corrected chi connectivity index (χ1v) is 9.35. The van der Waals surface area contributed by atoms with Crippen LogP contribution in [0.4, 0.5) is 0 Å². The molecule has 0 aromatic heterocycles. The Balaban J connectivity index is 0.00000110. The highest BCUT2D eigenvalue weighted by molar-refractivity contribution is 5.78. The minimum atomic E-state index is -1.50. The number of unbranched alkanes of at least 4 members (excludes halogenated alkanes) is 6. The minimum Gasteiger partial charge on any atom is -0.478 e. The van der Waals surface area contributed by atoms with Gasteiger partial charge in [0, 0.05) is 12.5 Å². The van der Waals surface area contributed by atoms with Crippen molar-refractivity contribution in [2.75, 3.05) is 0 Å². The molecule has 148 valence electrons. The Kier molecular flexibility index (Phi) is 13.3. The van der Waals surface area contributed by atoms with E-state index in [0.29, 0.717) is 12.2 Å². The lowest BCUT2D eigenvalue weighted by molar-refractivity contribution is -0.204. The maximum absolute atomic E-state index is 10.5. The number of carbonyl (C=O) groups is 1. The molecular formula is C21H34O5. The number of benzene rings is 1. The highest BCUT2D eigenvalue weighted by Crippen LogP contribution is 2.25. The van der Waals surface area contributed by atoms with Gasteiger partial charge in [-0.15, -0.1) is 0 Å². The highest BCUT2D eigenvalue weighted by atomic mass is 16.6. The molecule has 1 aromatic rings. The third kappa shape index (κ3) is 11.7. The predicted octanol–water partition coefficient (Wildman–Crippen LogP) is 4.53. The van der Waals surface area contributed by atoms with Crippen LogP contribution in [0.2, 0.25) is 0 Å². The lowest BCUT2D eigenvalue weighted by Gasteiger charge is -2.31. The first-order valence-electron chi connectivity index (χ1n) is 9.35. The number of rotatable bonds is 12. The van der Waals surface area contributed by atoms with E-state index >= 15 is 0 Å². The molecule has 0 heterocycles. The molecule has 3 N–H and O–H groups in total. The second kappa shape index (κ2) is 14.3. The minimum absolute atomic E-state index is 0.452. The standard InChI is InChI=1S/C18H30O3.C3H4O2/c1-3-4-5-6-7-8-12-15-18(20,16(2)19)21-17-13-10-9-11-14-17;1-2-3(4)5/h9-11,13-14,16,19-20H,3-8,12,15H2,1-2H3;2H,1H2,(H,4,5). The number of aliphatic hydroxyl groups excluding tert-OH is 1. The summed E-state index contributed by atoms with van der Waals surface area (Å²) < 4.78 is 5.61. The van der Waals surface area contributed by atoms with Gasteiger partial charge in [-0.05, 0) is 25.5 Å². The van der Waals surface area contributed by atoms with Crippen molar-refractivity contribution in [2.45, 2.75) is 77.1 Å². The quantitative estimate of drug-likeness (QED) is 0.287. The van der Waals surface area contributed by atoms with Gasteiger partial charge in [0.1, 0.15) is 11.9 Å². The zero-order valence-corrected chi connectivity index (χ0v) is 16.1. The van der Waals surface area contributed by atoms with E-state index in [1.165, 1.54) is 32.1 Å². The monoisotopic (exact) mass is 366 g/mol. The smallest absolute Gasteiger partial charge is 0.327 e. The Labute approximate surface area is 157 Å².